The van der Waals surface area contributed by atoms with Gasteiger partial charge in [-0.3, -0.25) is 0 Å². The van der Waals surface area contributed by atoms with Crippen LogP contribution in [0.5, 0.6) is 0 Å². The second-order valence-corrected chi connectivity index (χ2v) is 3.48. The molecule has 0 radical (unpaired) electrons. The molecule has 0 aromatic rings. The maximum absolute atomic E-state index is 5.58. The minimum absolute atomic E-state index is 0.483. The van der Waals surface area contributed by atoms with E-state index in [0.29, 0.717) is 24.6 Å². The molecular formula is C10H18N2O4. The molecule has 0 amide bonds. The normalized spacial score (nSPS) is 21.8. The van der Waals surface area contributed by atoms with Gasteiger partial charge in [0.15, 0.2) is 5.71 Å². The van der Waals surface area contributed by atoms with Gasteiger partial charge in [-0.25, -0.2) is 0 Å². The molecule has 0 N–H and O–H groups in total. The summed E-state index contributed by atoms with van der Waals surface area (Å²) < 4.78 is 11.2. The Hall–Kier alpha value is -1.14. The lowest BCUT2D eigenvalue weighted by atomic mass is 10.1. The van der Waals surface area contributed by atoms with Crippen molar-refractivity contribution in [3.05, 3.63) is 0 Å². The summed E-state index contributed by atoms with van der Waals surface area (Å²) in [5.74, 6) is -0.916. The fourth-order valence-electron chi connectivity index (χ4n) is 1.52. The highest BCUT2D eigenvalue weighted by Crippen LogP contribution is 2.21. The molecule has 92 valence electrons. The van der Waals surface area contributed by atoms with E-state index in [-0.39, 0.29) is 0 Å². The summed E-state index contributed by atoms with van der Waals surface area (Å²) in [6.07, 6.45) is 0.871. The van der Waals surface area contributed by atoms with Crippen molar-refractivity contribution >= 4 is 11.4 Å². The molecule has 1 fully saturated rings. The second-order valence-electron chi connectivity index (χ2n) is 3.48. The second kappa shape index (κ2) is 5.81. The summed E-state index contributed by atoms with van der Waals surface area (Å²) in [6, 6.07) is 0. The van der Waals surface area contributed by atoms with Crippen molar-refractivity contribution in [2.24, 2.45) is 10.3 Å². The van der Waals surface area contributed by atoms with Crippen molar-refractivity contribution < 1.29 is 19.1 Å². The van der Waals surface area contributed by atoms with Crippen LogP contribution in [0.1, 0.15) is 20.3 Å². The van der Waals surface area contributed by atoms with E-state index in [2.05, 4.69) is 10.3 Å². The molecule has 1 aliphatic heterocycles. The molecule has 0 bridgehead atoms. The molecule has 0 unspecified atom stereocenters. The van der Waals surface area contributed by atoms with Crippen molar-refractivity contribution in [1.29, 1.82) is 0 Å². The van der Waals surface area contributed by atoms with Gasteiger partial charge in [0.1, 0.15) is 19.9 Å². The molecule has 6 nitrogen and oxygen atoms in total. The standard InChI is InChI=1S/C10H18N2O4/c1-8(11-13-3)9(12-14-4)10(2)15-6-5-7-16-10/h5-7H2,1-4H3/b11-8-,12-9-. The number of oxime groups is 2. The number of ether oxygens (including phenoxy) is 2. The first-order valence-corrected chi connectivity index (χ1v) is 5.11. The van der Waals surface area contributed by atoms with Crippen LogP contribution in [0.15, 0.2) is 10.3 Å². The van der Waals surface area contributed by atoms with Crippen LogP contribution in [0.25, 0.3) is 0 Å². The monoisotopic (exact) mass is 230 g/mol. The molecule has 1 rings (SSSR count). The van der Waals surface area contributed by atoms with E-state index in [1.54, 1.807) is 13.8 Å². The van der Waals surface area contributed by atoms with Crippen LogP contribution >= 0.6 is 0 Å². The van der Waals surface area contributed by atoms with E-state index >= 15 is 0 Å². The van der Waals surface area contributed by atoms with E-state index in [1.807, 2.05) is 0 Å². The van der Waals surface area contributed by atoms with Crippen molar-refractivity contribution in [1.82, 2.24) is 0 Å². The summed E-state index contributed by atoms with van der Waals surface area (Å²) in [7, 11) is 2.94. The third-order valence-corrected chi connectivity index (χ3v) is 2.23. The van der Waals surface area contributed by atoms with Crippen LogP contribution in [0.2, 0.25) is 0 Å². The van der Waals surface area contributed by atoms with Crippen LogP contribution < -0.4 is 0 Å². The summed E-state index contributed by atoms with van der Waals surface area (Å²) in [4.78, 5) is 9.49. The van der Waals surface area contributed by atoms with Gasteiger partial charge < -0.3 is 19.1 Å². The van der Waals surface area contributed by atoms with Crippen molar-refractivity contribution in [2.45, 2.75) is 26.1 Å². The number of hydrogen-bond donors (Lipinski definition) is 0. The first-order valence-electron chi connectivity index (χ1n) is 5.11. The Morgan fingerprint density at radius 2 is 1.69 bits per heavy atom. The zero-order valence-electron chi connectivity index (χ0n) is 10.1. The largest absolute Gasteiger partial charge is 0.399 e. The Kier molecular flexibility index (Phi) is 4.70. The maximum Gasteiger partial charge on any atom is 0.214 e. The maximum atomic E-state index is 5.58. The van der Waals surface area contributed by atoms with E-state index in [0.717, 1.165) is 6.42 Å². The topological polar surface area (TPSA) is 61.6 Å². The van der Waals surface area contributed by atoms with Crippen LogP contribution in [-0.4, -0.2) is 44.6 Å². The third kappa shape index (κ3) is 2.93. The zero-order valence-corrected chi connectivity index (χ0v) is 10.1. The Balaban J connectivity index is 2.92. The summed E-state index contributed by atoms with van der Waals surface area (Å²) in [5.41, 5.74) is 1.05. The number of nitrogens with zero attached hydrogens (tertiary/aromatic N) is 2. The quantitative estimate of drug-likeness (QED) is 0.537. The SMILES string of the molecule is CO/N=C(C)\C(=N\OC)C1(C)OCCCO1. The van der Waals surface area contributed by atoms with E-state index in [1.165, 1.54) is 14.2 Å². The number of rotatable bonds is 4. The highest BCUT2D eigenvalue weighted by molar-refractivity contribution is 6.43. The number of hydrogen-bond acceptors (Lipinski definition) is 6. The van der Waals surface area contributed by atoms with E-state index in [9.17, 15) is 0 Å². The van der Waals surface area contributed by atoms with Crippen molar-refractivity contribution in [2.75, 3.05) is 27.4 Å². The summed E-state index contributed by atoms with van der Waals surface area (Å²) in [5, 5.41) is 7.70. The molecular weight excluding hydrogens is 212 g/mol. The van der Waals surface area contributed by atoms with Crippen LogP contribution in [0, 0.1) is 0 Å². The highest BCUT2D eigenvalue weighted by Gasteiger charge is 2.38. The predicted octanol–water partition coefficient (Wildman–Crippen LogP) is 1.16. The van der Waals surface area contributed by atoms with Gasteiger partial charge in [-0.1, -0.05) is 10.3 Å². The lowest BCUT2D eigenvalue weighted by Gasteiger charge is -2.33. The van der Waals surface area contributed by atoms with Crippen LogP contribution in [0.3, 0.4) is 0 Å². The third-order valence-electron chi connectivity index (χ3n) is 2.23. The molecule has 1 heterocycles. The minimum atomic E-state index is -0.916. The van der Waals surface area contributed by atoms with Crippen LogP contribution in [-0.2, 0) is 19.1 Å². The van der Waals surface area contributed by atoms with Gasteiger partial charge in [0.25, 0.3) is 0 Å². The smallest absolute Gasteiger partial charge is 0.214 e. The summed E-state index contributed by atoms with van der Waals surface area (Å²) in [6.45, 7) is 4.80. The van der Waals surface area contributed by atoms with Gasteiger partial charge in [0.2, 0.25) is 5.79 Å². The molecule has 0 aliphatic carbocycles. The molecule has 1 saturated heterocycles. The molecule has 1 aliphatic rings. The Morgan fingerprint density at radius 3 is 2.19 bits per heavy atom. The lowest BCUT2D eigenvalue weighted by Crippen LogP contribution is -2.48. The molecule has 0 atom stereocenters. The predicted molar refractivity (Wildman–Crippen MR) is 59.5 cm³/mol. The van der Waals surface area contributed by atoms with E-state index in [4.69, 9.17) is 19.1 Å². The van der Waals surface area contributed by atoms with Gasteiger partial charge in [0.05, 0.1) is 13.2 Å². The van der Waals surface area contributed by atoms with Crippen LogP contribution in [0.4, 0.5) is 0 Å². The first-order chi connectivity index (χ1) is 7.64. The zero-order chi connectivity index (χ0) is 12.0. The van der Waals surface area contributed by atoms with Gasteiger partial charge in [-0.2, -0.15) is 0 Å². The van der Waals surface area contributed by atoms with Gasteiger partial charge >= 0.3 is 0 Å². The summed E-state index contributed by atoms with van der Waals surface area (Å²) >= 11 is 0. The van der Waals surface area contributed by atoms with Crippen molar-refractivity contribution in [3.63, 3.8) is 0 Å². The highest BCUT2D eigenvalue weighted by atomic mass is 16.7. The molecule has 0 aromatic heterocycles. The average Bonchev–Trinajstić information content (AvgIpc) is 2.27. The van der Waals surface area contributed by atoms with Crippen molar-refractivity contribution in [3.8, 4) is 0 Å². The first kappa shape index (κ1) is 12.9. The van der Waals surface area contributed by atoms with Gasteiger partial charge in [-0.05, 0) is 20.3 Å². The van der Waals surface area contributed by atoms with Gasteiger partial charge in [0, 0.05) is 0 Å². The fraction of sp³-hybridized carbons (Fsp3) is 0.800. The Labute approximate surface area is 95.2 Å². The molecule has 6 heteroatoms. The Bertz CT molecular complexity index is 283. The fourth-order valence-corrected chi connectivity index (χ4v) is 1.52. The Morgan fingerprint density at radius 1 is 1.12 bits per heavy atom. The molecule has 0 saturated carbocycles. The van der Waals surface area contributed by atoms with Gasteiger partial charge in [-0.15, -0.1) is 0 Å². The minimum Gasteiger partial charge on any atom is -0.399 e. The van der Waals surface area contributed by atoms with E-state index < -0.39 is 5.79 Å². The molecule has 16 heavy (non-hydrogen) atoms. The lowest BCUT2D eigenvalue weighted by molar-refractivity contribution is -0.210. The average molecular weight is 230 g/mol. The molecule has 0 spiro atoms. The molecule has 0 aromatic carbocycles.